The molecule has 0 radical (unpaired) electrons. The van der Waals surface area contributed by atoms with Crippen LogP contribution < -0.4 is 10.1 Å². The van der Waals surface area contributed by atoms with E-state index in [4.69, 9.17) is 9.84 Å². The van der Waals surface area contributed by atoms with Crippen LogP contribution in [0.25, 0.3) is 11.3 Å². The second-order valence-electron chi connectivity index (χ2n) is 10.1. The number of hydrogen-bond donors (Lipinski definition) is 2. The molecule has 6 nitrogen and oxygen atoms in total. The lowest BCUT2D eigenvalue weighted by molar-refractivity contribution is -0.137. The van der Waals surface area contributed by atoms with Gasteiger partial charge in [-0.3, -0.25) is 14.6 Å². The predicted molar refractivity (Wildman–Crippen MR) is 138 cm³/mol. The number of alkyl halides is 3. The van der Waals surface area contributed by atoms with Gasteiger partial charge in [-0.1, -0.05) is 45.0 Å². The molecule has 202 valence electrons. The van der Waals surface area contributed by atoms with Crippen LogP contribution in [0.1, 0.15) is 67.6 Å². The van der Waals surface area contributed by atoms with Gasteiger partial charge in [-0.25, -0.2) is 0 Å². The Morgan fingerprint density at radius 3 is 2.26 bits per heavy atom. The maximum absolute atomic E-state index is 13.5. The van der Waals surface area contributed by atoms with Gasteiger partial charge in [0.05, 0.1) is 17.7 Å². The molecular formula is C29H31F3N2O4. The summed E-state index contributed by atoms with van der Waals surface area (Å²) in [5.41, 5.74) is 0.595. The smallest absolute Gasteiger partial charge is 0.417 e. The van der Waals surface area contributed by atoms with Crippen LogP contribution in [-0.2, 0) is 11.0 Å². The van der Waals surface area contributed by atoms with E-state index in [9.17, 15) is 22.8 Å². The summed E-state index contributed by atoms with van der Waals surface area (Å²) < 4.78 is 46.7. The summed E-state index contributed by atoms with van der Waals surface area (Å²) in [6.45, 7) is 6.35. The van der Waals surface area contributed by atoms with Crippen molar-refractivity contribution >= 4 is 11.9 Å². The van der Waals surface area contributed by atoms with Gasteiger partial charge < -0.3 is 15.2 Å². The minimum atomic E-state index is -4.49. The number of carbonyl (C=O) groups excluding carboxylic acids is 1. The number of aliphatic carboxylic acids is 1. The van der Waals surface area contributed by atoms with E-state index in [0.717, 1.165) is 18.1 Å². The van der Waals surface area contributed by atoms with Crippen LogP contribution in [0.3, 0.4) is 0 Å². The quantitative estimate of drug-likeness (QED) is 0.298. The van der Waals surface area contributed by atoms with Crippen LogP contribution in [0.2, 0.25) is 0 Å². The standard InChI is InChI=1S/C29H31F3N2O4/c1-28(2,3)16-14-25(38-21-11-8-19(9-12-21)27(37)33-17-15-26(35)36)20-10-13-24(34-18-20)22-6-4-5-7-23(22)29(30,31)32/h4-13,18,25H,14-17H2,1-3H3,(H,33,37)(H,35,36). The van der Waals surface area contributed by atoms with Gasteiger partial charge in [0, 0.05) is 29.4 Å². The van der Waals surface area contributed by atoms with Crippen molar-refractivity contribution in [2.45, 2.75) is 52.3 Å². The highest BCUT2D eigenvalue weighted by Gasteiger charge is 2.33. The predicted octanol–water partition coefficient (Wildman–Crippen LogP) is 6.92. The van der Waals surface area contributed by atoms with Gasteiger partial charge >= 0.3 is 12.1 Å². The van der Waals surface area contributed by atoms with E-state index in [1.54, 1.807) is 48.7 Å². The van der Waals surface area contributed by atoms with Gasteiger partial charge in [-0.05, 0) is 54.7 Å². The minimum Gasteiger partial charge on any atom is -0.486 e. The molecule has 1 amide bonds. The van der Waals surface area contributed by atoms with Gasteiger partial charge in [-0.2, -0.15) is 13.2 Å². The lowest BCUT2D eigenvalue weighted by Gasteiger charge is -2.24. The largest absolute Gasteiger partial charge is 0.486 e. The molecule has 1 unspecified atom stereocenters. The van der Waals surface area contributed by atoms with Crippen LogP contribution in [0.4, 0.5) is 13.2 Å². The number of carboxylic acids is 1. The van der Waals surface area contributed by atoms with Crippen molar-refractivity contribution in [3.05, 3.63) is 83.6 Å². The van der Waals surface area contributed by atoms with Crippen molar-refractivity contribution in [1.82, 2.24) is 10.3 Å². The van der Waals surface area contributed by atoms with E-state index >= 15 is 0 Å². The van der Waals surface area contributed by atoms with E-state index < -0.39 is 23.8 Å². The normalized spacial score (nSPS) is 12.6. The average molecular weight is 529 g/mol. The Bertz CT molecular complexity index is 1230. The van der Waals surface area contributed by atoms with Gasteiger partial charge in [0.1, 0.15) is 11.9 Å². The van der Waals surface area contributed by atoms with Crippen molar-refractivity contribution in [2.24, 2.45) is 5.41 Å². The van der Waals surface area contributed by atoms with Crippen LogP contribution >= 0.6 is 0 Å². The summed E-state index contributed by atoms with van der Waals surface area (Å²) in [6.07, 6.45) is -2.07. The SMILES string of the molecule is CC(C)(C)CCC(Oc1ccc(C(=O)NCCC(=O)O)cc1)c1ccc(-c2ccccc2C(F)(F)F)nc1. The molecular weight excluding hydrogens is 497 g/mol. The lowest BCUT2D eigenvalue weighted by atomic mass is 9.88. The third-order valence-corrected chi connectivity index (χ3v) is 5.84. The molecule has 0 aliphatic heterocycles. The molecule has 0 saturated heterocycles. The summed E-state index contributed by atoms with van der Waals surface area (Å²) in [4.78, 5) is 27.2. The van der Waals surface area contributed by atoms with E-state index in [0.29, 0.717) is 17.7 Å². The third kappa shape index (κ3) is 8.33. The molecule has 1 atom stereocenters. The van der Waals surface area contributed by atoms with Gasteiger partial charge in [0.15, 0.2) is 0 Å². The Morgan fingerprint density at radius 2 is 1.68 bits per heavy atom. The summed E-state index contributed by atoms with van der Waals surface area (Å²) in [5.74, 6) is -0.874. The highest BCUT2D eigenvalue weighted by molar-refractivity contribution is 5.94. The average Bonchev–Trinajstić information content (AvgIpc) is 2.86. The van der Waals surface area contributed by atoms with Crippen LogP contribution in [0, 0.1) is 5.41 Å². The highest BCUT2D eigenvalue weighted by Crippen LogP contribution is 2.37. The molecule has 1 heterocycles. The molecule has 2 N–H and O–H groups in total. The van der Waals surface area contributed by atoms with Gasteiger partial charge in [0.25, 0.3) is 5.91 Å². The Hall–Kier alpha value is -3.88. The number of halogens is 3. The Morgan fingerprint density at radius 1 is 1.00 bits per heavy atom. The van der Waals surface area contributed by atoms with Crippen molar-refractivity contribution in [3.8, 4) is 17.0 Å². The van der Waals surface area contributed by atoms with Crippen molar-refractivity contribution in [3.63, 3.8) is 0 Å². The first kappa shape index (κ1) is 28.7. The number of hydrogen-bond acceptors (Lipinski definition) is 4. The zero-order valence-electron chi connectivity index (χ0n) is 21.5. The van der Waals surface area contributed by atoms with Crippen LogP contribution in [0.15, 0.2) is 66.9 Å². The first-order chi connectivity index (χ1) is 17.8. The summed E-state index contributed by atoms with van der Waals surface area (Å²) in [7, 11) is 0. The second-order valence-corrected chi connectivity index (χ2v) is 10.1. The van der Waals surface area contributed by atoms with E-state index in [-0.39, 0.29) is 35.5 Å². The minimum absolute atomic E-state index is 0.0101. The van der Waals surface area contributed by atoms with Crippen molar-refractivity contribution < 1.29 is 32.6 Å². The lowest BCUT2D eigenvalue weighted by Crippen LogP contribution is -2.25. The number of pyridine rings is 1. The molecule has 0 fully saturated rings. The Balaban J connectivity index is 1.79. The highest BCUT2D eigenvalue weighted by atomic mass is 19.4. The number of rotatable bonds is 10. The fourth-order valence-corrected chi connectivity index (χ4v) is 3.80. The Kier molecular flexibility index (Phi) is 9.14. The molecule has 0 spiro atoms. The zero-order valence-corrected chi connectivity index (χ0v) is 21.5. The third-order valence-electron chi connectivity index (χ3n) is 5.84. The number of carboxylic acid groups (broad SMARTS) is 1. The number of amides is 1. The molecule has 3 rings (SSSR count). The first-order valence-corrected chi connectivity index (χ1v) is 12.2. The van der Waals surface area contributed by atoms with E-state index in [2.05, 4.69) is 31.1 Å². The number of ether oxygens (including phenoxy) is 1. The van der Waals surface area contributed by atoms with Gasteiger partial charge in [0.2, 0.25) is 0 Å². The fraction of sp³-hybridized carbons (Fsp3) is 0.345. The monoisotopic (exact) mass is 528 g/mol. The van der Waals surface area contributed by atoms with Gasteiger partial charge in [-0.15, -0.1) is 0 Å². The fourth-order valence-electron chi connectivity index (χ4n) is 3.80. The second kappa shape index (κ2) is 12.1. The number of nitrogens with one attached hydrogen (secondary N) is 1. The van der Waals surface area contributed by atoms with Crippen LogP contribution in [-0.4, -0.2) is 28.5 Å². The molecule has 0 aliphatic carbocycles. The number of carbonyl (C=O) groups is 2. The number of nitrogens with zero attached hydrogens (tertiary/aromatic N) is 1. The zero-order chi connectivity index (χ0) is 27.9. The molecule has 38 heavy (non-hydrogen) atoms. The maximum atomic E-state index is 13.5. The molecule has 0 aliphatic rings. The molecule has 0 bridgehead atoms. The summed E-state index contributed by atoms with van der Waals surface area (Å²) in [5, 5.41) is 11.3. The van der Waals surface area contributed by atoms with E-state index in [1.165, 1.54) is 12.1 Å². The molecule has 0 saturated carbocycles. The van der Waals surface area contributed by atoms with Crippen molar-refractivity contribution in [2.75, 3.05) is 6.54 Å². The topological polar surface area (TPSA) is 88.5 Å². The summed E-state index contributed by atoms with van der Waals surface area (Å²) in [6, 6.07) is 15.1. The molecule has 9 heteroatoms. The molecule has 2 aromatic carbocycles. The number of aromatic nitrogens is 1. The number of benzene rings is 2. The van der Waals surface area contributed by atoms with E-state index in [1.807, 2.05) is 0 Å². The van der Waals surface area contributed by atoms with Crippen molar-refractivity contribution in [1.29, 1.82) is 0 Å². The first-order valence-electron chi connectivity index (χ1n) is 12.2. The Labute approximate surface area is 219 Å². The summed E-state index contributed by atoms with van der Waals surface area (Å²) >= 11 is 0. The van der Waals surface area contributed by atoms with Crippen LogP contribution in [0.5, 0.6) is 5.75 Å². The maximum Gasteiger partial charge on any atom is 0.417 e. The molecule has 1 aromatic heterocycles. The molecule has 3 aromatic rings.